The largest absolute Gasteiger partial charge is 0.465 e. The highest BCUT2D eigenvalue weighted by Crippen LogP contribution is 2.32. The number of amides is 1. The van der Waals surface area contributed by atoms with E-state index in [9.17, 15) is 9.59 Å². The molecule has 1 amide bonds. The number of nitrogens with zero attached hydrogens (tertiary/aromatic N) is 2. The number of piperidine rings is 1. The van der Waals surface area contributed by atoms with Crippen LogP contribution in [0, 0.1) is 0 Å². The van der Waals surface area contributed by atoms with Crippen molar-refractivity contribution in [2.75, 3.05) is 20.2 Å². The van der Waals surface area contributed by atoms with Crippen LogP contribution in [0.1, 0.15) is 35.2 Å². The van der Waals surface area contributed by atoms with E-state index >= 15 is 0 Å². The molecule has 5 nitrogen and oxygen atoms in total. The van der Waals surface area contributed by atoms with Crippen molar-refractivity contribution >= 4 is 34.9 Å². The van der Waals surface area contributed by atoms with Crippen LogP contribution in [0.3, 0.4) is 0 Å². The summed E-state index contributed by atoms with van der Waals surface area (Å²) in [5.41, 5.74) is 1.12. The summed E-state index contributed by atoms with van der Waals surface area (Å²) in [6, 6.07) is 7.09. The minimum Gasteiger partial charge on any atom is -0.465 e. The molecule has 23 heavy (non-hydrogen) atoms. The molecule has 0 N–H and O–H groups in total. The summed E-state index contributed by atoms with van der Waals surface area (Å²) in [6.45, 7) is 1.90. The lowest BCUT2D eigenvalue weighted by molar-refractivity contribution is -0.113. The third-order valence-corrected chi connectivity index (χ3v) is 4.93. The van der Waals surface area contributed by atoms with Crippen molar-refractivity contribution in [3.8, 4) is 0 Å². The number of methoxy groups -OCH3 is 1. The quantitative estimate of drug-likeness (QED) is 0.616. The number of thioether (sulfide) groups is 1. The van der Waals surface area contributed by atoms with Crippen molar-refractivity contribution in [2.45, 2.75) is 19.3 Å². The van der Waals surface area contributed by atoms with Crippen LogP contribution < -0.4 is 0 Å². The van der Waals surface area contributed by atoms with Crippen molar-refractivity contribution in [1.29, 1.82) is 0 Å². The van der Waals surface area contributed by atoms with Crippen LogP contribution in [0.2, 0.25) is 0 Å². The standard InChI is InChI=1S/C17H18N2O3S/c1-22-16(21)13-8-4-3-7-12(13)11-14-15(20)18-17(23-14)19-9-5-2-6-10-19/h3-4,7-8,11H,2,5-6,9-10H2,1H3/b14-11-. The summed E-state index contributed by atoms with van der Waals surface area (Å²) < 4.78 is 4.79. The lowest BCUT2D eigenvalue weighted by Crippen LogP contribution is -2.33. The van der Waals surface area contributed by atoms with Crippen LogP contribution in [0.15, 0.2) is 34.2 Å². The van der Waals surface area contributed by atoms with Gasteiger partial charge in [-0.05, 0) is 48.7 Å². The van der Waals surface area contributed by atoms with Gasteiger partial charge in [0.25, 0.3) is 5.91 Å². The molecule has 0 aliphatic carbocycles. The van der Waals surface area contributed by atoms with E-state index in [4.69, 9.17) is 4.74 Å². The zero-order chi connectivity index (χ0) is 16.2. The first kappa shape index (κ1) is 15.8. The fourth-order valence-corrected chi connectivity index (χ4v) is 3.63. The Balaban J connectivity index is 1.82. The van der Waals surface area contributed by atoms with Crippen molar-refractivity contribution in [3.05, 3.63) is 40.3 Å². The van der Waals surface area contributed by atoms with Gasteiger partial charge in [0.1, 0.15) is 0 Å². The SMILES string of the molecule is COC(=O)c1ccccc1/C=C1\SC(N2CCCCC2)=NC1=O. The van der Waals surface area contributed by atoms with Crippen LogP contribution >= 0.6 is 11.8 Å². The number of hydrogen-bond donors (Lipinski definition) is 0. The van der Waals surface area contributed by atoms with E-state index in [0.29, 0.717) is 16.0 Å². The Hall–Kier alpha value is -2.08. The number of amidine groups is 1. The minimum absolute atomic E-state index is 0.241. The number of esters is 1. The van der Waals surface area contributed by atoms with Gasteiger partial charge >= 0.3 is 5.97 Å². The lowest BCUT2D eigenvalue weighted by atomic mass is 10.1. The Morgan fingerprint density at radius 1 is 1.26 bits per heavy atom. The normalized spacial score (nSPS) is 19.9. The molecule has 2 aliphatic rings. The molecule has 0 unspecified atom stereocenters. The molecule has 0 atom stereocenters. The Labute approximate surface area is 139 Å². The van der Waals surface area contributed by atoms with Crippen LogP contribution in [-0.2, 0) is 9.53 Å². The zero-order valence-electron chi connectivity index (χ0n) is 12.9. The summed E-state index contributed by atoms with van der Waals surface area (Å²) in [5.74, 6) is -0.652. The molecule has 1 saturated heterocycles. The van der Waals surface area contributed by atoms with E-state index in [1.807, 2.05) is 6.07 Å². The molecule has 0 bridgehead atoms. The Bertz CT molecular complexity index is 691. The van der Waals surface area contributed by atoms with Crippen molar-refractivity contribution in [2.24, 2.45) is 4.99 Å². The van der Waals surface area contributed by atoms with Gasteiger partial charge in [-0.25, -0.2) is 4.79 Å². The fourth-order valence-electron chi connectivity index (χ4n) is 2.68. The van der Waals surface area contributed by atoms with E-state index in [1.54, 1.807) is 24.3 Å². The van der Waals surface area contributed by atoms with Gasteiger partial charge in [-0.3, -0.25) is 4.79 Å². The number of rotatable bonds is 2. The number of benzene rings is 1. The molecule has 1 aromatic carbocycles. The molecule has 1 aromatic rings. The van der Waals surface area contributed by atoms with E-state index in [1.165, 1.54) is 25.3 Å². The molecule has 0 spiro atoms. The number of hydrogen-bond acceptors (Lipinski definition) is 5. The molecule has 120 valence electrons. The third-order valence-electron chi connectivity index (χ3n) is 3.89. The average Bonchev–Trinajstić information content (AvgIpc) is 2.96. The number of ether oxygens (including phenoxy) is 1. The van der Waals surface area contributed by atoms with Gasteiger partial charge in [0.15, 0.2) is 5.17 Å². The van der Waals surface area contributed by atoms with Gasteiger partial charge < -0.3 is 9.64 Å². The highest BCUT2D eigenvalue weighted by molar-refractivity contribution is 8.18. The van der Waals surface area contributed by atoms with Crippen molar-refractivity contribution in [3.63, 3.8) is 0 Å². The molecule has 2 heterocycles. The first-order chi connectivity index (χ1) is 11.2. The number of likely N-dealkylation sites (tertiary alicyclic amines) is 1. The monoisotopic (exact) mass is 330 g/mol. The second kappa shape index (κ2) is 7.00. The van der Waals surface area contributed by atoms with E-state index in [2.05, 4.69) is 9.89 Å². The highest BCUT2D eigenvalue weighted by atomic mass is 32.2. The Kier molecular flexibility index (Phi) is 4.81. The second-order valence-electron chi connectivity index (χ2n) is 5.44. The average molecular weight is 330 g/mol. The predicted molar refractivity (Wildman–Crippen MR) is 91.2 cm³/mol. The van der Waals surface area contributed by atoms with Gasteiger partial charge in [0.05, 0.1) is 17.6 Å². The maximum Gasteiger partial charge on any atom is 0.338 e. The molecular formula is C17H18N2O3S. The van der Waals surface area contributed by atoms with Crippen LogP contribution in [0.25, 0.3) is 6.08 Å². The van der Waals surface area contributed by atoms with Gasteiger partial charge in [0, 0.05) is 13.1 Å². The van der Waals surface area contributed by atoms with Crippen LogP contribution in [0.5, 0.6) is 0 Å². The van der Waals surface area contributed by atoms with Crippen LogP contribution in [0.4, 0.5) is 0 Å². The molecule has 2 aliphatic heterocycles. The maximum atomic E-state index is 12.2. The summed E-state index contributed by atoms with van der Waals surface area (Å²) in [5, 5.41) is 0.775. The molecule has 0 aromatic heterocycles. The predicted octanol–water partition coefficient (Wildman–Crippen LogP) is 2.93. The van der Waals surface area contributed by atoms with Gasteiger partial charge in [-0.1, -0.05) is 18.2 Å². The molecular weight excluding hydrogens is 312 g/mol. The van der Waals surface area contributed by atoms with Crippen LogP contribution in [-0.4, -0.2) is 42.1 Å². The zero-order valence-corrected chi connectivity index (χ0v) is 13.8. The smallest absolute Gasteiger partial charge is 0.338 e. The second-order valence-corrected chi connectivity index (χ2v) is 6.45. The third kappa shape index (κ3) is 3.47. The van der Waals surface area contributed by atoms with Gasteiger partial charge in [-0.15, -0.1) is 0 Å². The van der Waals surface area contributed by atoms with Crippen molar-refractivity contribution < 1.29 is 14.3 Å². The molecule has 0 saturated carbocycles. The van der Waals surface area contributed by atoms with E-state index in [0.717, 1.165) is 31.1 Å². The van der Waals surface area contributed by atoms with Crippen molar-refractivity contribution in [1.82, 2.24) is 4.90 Å². The van der Waals surface area contributed by atoms with Gasteiger partial charge in [-0.2, -0.15) is 4.99 Å². The molecule has 1 fully saturated rings. The Morgan fingerprint density at radius 2 is 2.00 bits per heavy atom. The summed E-state index contributed by atoms with van der Waals surface area (Å²) in [4.78, 5) is 30.9. The molecule has 0 radical (unpaired) electrons. The topological polar surface area (TPSA) is 59.0 Å². The van der Waals surface area contributed by atoms with E-state index in [-0.39, 0.29) is 5.91 Å². The molecule has 3 rings (SSSR count). The maximum absolute atomic E-state index is 12.2. The number of carbonyl (C=O) groups is 2. The minimum atomic E-state index is -0.412. The first-order valence-electron chi connectivity index (χ1n) is 7.64. The first-order valence-corrected chi connectivity index (χ1v) is 8.45. The number of aliphatic imine (C=N–C) groups is 1. The summed E-state index contributed by atoms with van der Waals surface area (Å²) >= 11 is 1.38. The summed E-state index contributed by atoms with van der Waals surface area (Å²) in [6.07, 6.45) is 5.23. The highest BCUT2D eigenvalue weighted by Gasteiger charge is 2.27. The van der Waals surface area contributed by atoms with E-state index < -0.39 is 5.97 Å². The van der Waals surface area contributed by atoms with Gasteiger partial charge in [0.2, 0.25) is 0 Å². The fraction of sp³-hybridized carbons (Fsp3) is 0.353. The number of carbonyl (C=O) groups excluding carboxylic acids is 2. The lowest BCUT2D eigenvalue weighted by Gasteiger charge is -2.27. The molecule has 6 heteroatoms. The summed E-state index contributed by atoms with van der Waals surface area (Å²) in [7, 11) is 1.35. The Morgan fingerprint density at radius 3 is 2.74 bits per heavy atom.